The Morgan fingerprint density at radius 3 is 2.44 bits per heavy atom. The van der Waals surface area contributed by atoms with Crippen LogP contribution in [-0.2, 0) is 0 Å². The predicted octanol–water partition coefficient (Wildman–Crippen LogP) is 2.89. The van der Waals surface area contributed by atoms with Crippen LogP contribution in [0.4, 0.5) is 0 Å². The number of nitrogens with one attached hydrogen (secondary N) is 1. The van der Waals surface area contributed by atoms with Gasteiger partial charge in [0.2, 0.25) is 0 Å². The summed E-state index contributed by atoms with van der Waals surface area (Å²) in [6.07, 6.45) is 2.91. The molecule has 0 fully saturated rings. The number of aliphatic hydroxyl groups excluding tert-OH is 1. The van der Waals surface area contributed by atoms with Crippen LogP contribution in [0.2, 0.25) is 0 Å². The second-order valence-corrected chi connectivity index (χ2v) is 4.34. The summed E-state index contributed by atoms with van der Waals surface area (Å²) < 4.78 is 0. The van der Waals surface area contributed by atoms with Gasteiger partial charge in [0.15, 0.2) is 0 Å². The number of aliphatic hydroxyl groups is 1. The second-order valence-electron chi connectivity index (χ2n) is 4.34. The molecule has 2 heteroatoms. The Bertz CT molecular complexity index is 271. The van der Waals surface area contributed by atoms with Gasteiger partial charge in [0.05, 0.1) is 6.10 Å². The Balaban J connectivity index is 2.48. The minimum atomic E-state index is -0.217. The average molecular weight is 221 g/mol. The lowest BCUT2D eigenvalue weighted by molar-refractivity contribution is 0.182. The summed E-state index contributed by atoms with van der Waals surface area (Å²) in [6.45, 7) is 4.91. The van der Waals surface area contributed by atoms with Crippen molar-refractivity contribution in [2.45, 2.75) is 45.3 Å². The quantitative estimate of drug-likeness (QED) is 0.742. The molecule has 0 aromatic heterocycles. The zero-order valence-corrected chi connectivity index (χ0v) is 10.3. The molecular formula is C14H23NO. The van der Waals surface area contributed by atoms with Crippen LogP contribution in [0.15, 0.2) is 30.3 Å². The van der Waals surface area contributed by atoms with Crippen molar-refractivity contribution in [3.63, 3.8) is 0 Å². The SMILES string of the molecule is CCCC(NCCC(C)O)c1ccccc1. The molecule has 0 bridgehead atoms. The van der Waals surface area contributed by atoms with Gasteiger partial charge in [-0.2, -0.15) is 0 Å². The van der Waals surface area contributed by atoms with Crippen molar-refractivity contribution in [3.05, 3.63) is 35.9 Å². The second kappa shape index (κ2) is 7.42. The van der Waals surface area contributed by atoms with Gasteiger partial charge in [-0.1, -0.05) is 43.7 Å². The highest BCUT2D eigenvalue weighted by Gasteiger charge is 2.09. The van der Waals surface area contributed by atoms with E-state index in [0.717, 1.165) is 19.4 Å². The van der Waals surface area contributed by atoms with E-state index in [1.165, 1.54) is 12.0 Å². The van der Waals surface area contributed by atoms with Gasteiger partial charge in [-0.3, -0.25) is 0 Å². The molecule has 0 aliphatic carbocycles. The van der Waals surface area contributed by atoms with Crippen molar-refractivity contribution in [3.8, 4) is 0 Å². The molecule has 2 N–H and O–H groups in total. The third-order valence-electron chi connectivity index (χ3n) is 2.73. The fourth-order valence-electron chi connectivity index (χ4n) is 1.83. The van der Waals surface area contributed by atoms with Crippen molar-refractivity contribution in [2.24, 2.45) is 0 Å². The monoisotopic (exact) mass is 221 g/mol. The molecule has 0 heterocycles. The zero-order chi connectivity index (χ0) is 11.8. The maximum absolute atomic E-state index is 9.23. The fraction of sp³-hybridized carbons (Fsp3) is 0.571. The van der Waals surface area contributed by atoms with Crippen LogP contribution >= 0.6 is 0 Å². The van der Waals surface area contributed by atoms with Gasteiger partial charge in [-0.15, -0.1) is 0 Å². The Labute approximate surface area is 98.7 Å². The first-order chi connectivity index (χ1) is 7.74. The molecular weight excluding hydrogens is 198 g/mol. The van der Waals surface area contributed by atoms with Gasteiger partial charge in [0.1, 0.15) is 0 Å². The summed E-state index contributed by atoms with van der Waals surface area (Å²) in [5, 5.41) is 12.7. The topological polar surface area (TPSA) is 32.3 Å². The van der Waals surface area contributed by atoms with Gasteiger partial charge in [0, 0.05) is 6.04 Å². The van der Waals surface area contributed by atoms with Crippen LogP contribution < -0.4 is 5.32 Å². The molecule has 0 aliphatic heterocycles. The third kappa shape index (κ3) is 4.77. The highest BCUT2D eigenvalue weighted by atomic mass is 16.3. The van der Waals surface area contributed by atoms with Crippen molar-refractivity contribution in [2.75, 3.05) is 6.54 Å². The Hall–Kier alpha value is -0.860. The van der Waals surface area contributed by atoms with Crippen LogP contribution in [0.3, 0.4) is 0 Å². The fourth-order valence-corrected chi connectivity index (χ4v) is 1.83. The standard InChI is InChI=1S/C14H23NO/c1-3-7-14(15-11-10-12(2)16)13-8-5-4-6-9-13/h4-6,8-9,12,14-16H,3,7,10-11H2,1-2H3. The zero-order valence-electron chi connectivity index (χ0n) is 10.3. The lowest BCUT2D eigenvalue weighted by Crippen LogP contribution is -2.24. The van der Waals surface area contributed by atoms with Crippen molar-refractivity contribution < 1.29 is 5.11 Å². The predicted molar refractivity (Wildman–Crippen MR) is 68.4 cm³/mol. The number of hydrogen-bond acceptors (Lipinski definition) is 2. The van der Waals surface area contributed by atoms with E-state index >= 15 is 0 Å². The summed E-state index contributed by atoms with van der Waals surface area (Å²) in [7, 11) is 0. The lowest BCUT2D eigenvalue weighted by atomic mass is 10.0. The highest BCUT2D eigenvalue weighted by Crippen LogP contribution is 2.17. The Morgan fingerprint density at radius 1 is 1.19 bits per heavy atom. The Morgan fingerprint density at radius 2 is 1.88 bits per heavy atom. The van der Waals surface area contributed by atoms with Gasteiger partial charge < -0.3 is 10.4 Å². The van der Waals surface area contributed by atoms with E-state index in [4.69, 9.17) is 0 Å². The summed E-state index contributed by atoms with van der Waals surface area (Å²) in [5.74, 6) is 0. The molecule has 0 aliphatic rings. The molecule has 1 rings (SSSR count). The number of rotatable bonds is 7. The smallest absolute Gasteiger partial charge is 0.0524 e. The first kappa shape index (κ1) is 13.2. The summed E-state index contributed by atoms with van der Waals surface area (Å²) in [5.41, 5.74) is 1.34. The molecule has 0 amide bonds. The molecule has 2 nitrogen and oxygen atoms in total. The summed E-state index contributed by atoms with van der Waals surface area (Å²) in [4.78, 5) is 0. The molecule has 0 saturated heterocycles. The van der Waals surface area contributed by atoms with Gasteiger partial charge in [-0.05, 0) is 31.9 Å². The molecule has 0 spiro atoms. The van der Waals surface area contributed by atoms with Crippen LogP contribution in [0.25, 0.3) is 0 Å². The van der Waals surface area contributed by atoms with Gasteiger partial charge in [0.25, 0.3) is 0 Å². The molecule has 1 aromatic rings. The van der Waals surface area contributed by atoms with E-state index in [-0.39, 0.29) is 6.10 Å². The average Bonchev–Trinajstić information content (AvgIpc) is 2.29. The van der Waals surface area contributed by atoms with E-state index in [2.05, 4.69) is 36.5 Å². The van der Waals surface area contributed by atoms with Crippen molar-refractivity contribution >= 4 is 0 Å². The summed E-state index contributed by atoms with van der Waals surface area (Å²) in [6, 6.07) is 10.9. The van der Waals surface area contributed by atoms with E-state index in [1.807, 2.05) is 13.0 Å². The van der Waals surface area contributed by atoms with Crippen LogP contribution in [0.1, 0.15) is 44.7 Å². The first-order valence-electron chi connectivity index (χ1n) is 6.20. The summed E-state index contributed by atoms with van der Waals surface area (Å²) >= 11 is 0. The normalized spacial score (nSPS) is 14.7. The molecule has 1 aromatic carbocycles. The largest absolute Gasteiger partial charge is 0.393 e. The van der Waals surface area contributed by atoms with Crippen LogP contribution in [0, 0.1) is 0 Å². The molecule has 2 atom stereocenters. The van der Waals surface area contributed by atoms with Crippen molar-refractivity contribution in [1.82, 2.24) is 5.32 Å². The molecule has 0 saturated carbocycles. The minimum Gasteiger partial charge on any atom is -0.393 e. The number of benzene rings is 1. The molecule has 2 unspecified atom stereocenters. The third-order valence-corrected chi connectivity index (χ3v) is 2.73. The van der Waals surface area contributed by atoms with E-state index in [0.29, 0.717) is 6.04 Å². The van der Waals surface area contributed by atoms with E-state index < -0.39 is 0 Å². The minimum absolute atomic E-state index is 0.217. The van der Waals surface area contributed by atoms with E-state index in [1.54, 1.807) is 0 Å². The first-order valence-corrected chi connectivity index (χ1v) is 6.20. The maximum Gasteiger partial charge on any atom is 0.0524 e. The molecule has 16 heavy (non-hydrogen) atoms. The number of hydrogen-bond donors (Lipinski definition) is 2. The Kier molecular flexibility index (Phi) is 6.12. The molecule has 0 radical (unpaired) electrons. The van der Waals surface area contributed by atoms with Crippen LogP contribution in [0.5, 0.6) is 0 Å². The maximum atomic E-state index is 9.23. The van der Waals surface area contributed by atoms with Crippen molar-refractivity contribution in [1.29, 1.82) is 0 Å². The lowest BCUT2D eigenvalue weighted by Gasteiger charge is -2.19. The van der Waals surface area contributed by atoms with E-state index in [9.17, 15) is 5.11 Å². The highest BCUT2D eigenvalue weighted by molar-refractivity contribution is 5.18. The van der Waals surface area contributed by atoms with Gasteiger partial charge >= 0.3 is 0 Å². The van der Waals surface area contributed by atoms with Crippen LogP contribution in [-0.4, -0.2) is 17.8 Å². The molecule has 90 valence electrons. The van der Waals surface area contributed by atoms with Gasteiger partial charge in [-0.25, -0.2) is 0 Å².